The molecule has 0 bridgehead atoms. The van der Waals surface area contributed by atoms with Crippen LogP contribution in [-0.4, -0.2) is 17.4 Å². The van der Waals surface area contributed by atoms with Gasteiger partial charge in [0.05, 0.1) is 0 Å². The minimum absolute atomic E-state index is 0.0402. The quantitative estimate of drug-likeness (QED) is 0.671. The first kappa shape index (κ1) is 8.90. The number of amides is 1. The van der Waals surface area contributed by atoms with E-state index in [-0.39, 0.29) is 11.7 Å². The molecule has 0 saturated carbocycles. The SMILES string of the molecule is CC(=O)CCC1=NNC(=O)CC1. The van der Waals surface area contributed by atoms with Crippen LogP contribution in [0.15, 0.2) is 5.10 Å². The minimum Gasteiger partial charge on any atom is -0.300 e. The Bertz CT molecular complexity index is 233. The van der Waals surface area contributed by atoms with Crippen LogP contribution in [0.3, 0.4) is 0 Å². The van der Waals surface area contributed by atoms with Crippen LogP contribution in [0.4, 0.5) is 0 Å². The Balaban J connectivity index is 2.33. The van der Waals surface area contributed by atoms with Crippen LogP contribution in [0.5, 0.6) is 0 Å². The summed E-state index contributed by atoms with van der Waals surface area (Å²) < 4.78 is 0. The topological polar surface area (TPSA) is 58.5 Å². The van der Waals surface area contributed by atoms with E-state index in [1.807, 2.05) is 0 Å². The van der Waals surface area contributed by atoms with E-state index in [9.17, 15) is 9.59 Å². The molecule has 0 aromatic carbocycles. The fourth-order valence-corrected chi connectivity index (χ4v) is 1.01. The fourth-order valence-electron chi connectivity index (χ4n) is 1.01. The Hall–Kier alpha value is -1.19. The molecule has 0 saturated heterocycles. The number of carbonyl (C=O) groups is 2. The Morgan fingerprint density at radius 3 is 2.83 bits per heavy atom. The van der Waals surface area contributed by atoms with E-state index >= 15 is 0 Å². The lowest BCUT2D eigenvalue weighted by Gasteiger charge is -2.10. The van der Waals surface area contributed by atoms with Gasteiger partial charge in [0.2, 0.25) is 5.91 Å². The molecule has 1 amide bonds. The first-order chi connectivity index (χ1) is 5.68. The molecule has 0 radical (unpaired) electrons. The van der Waals surface area contributed by atoms with Crippen molar-refractivity contribution in [2.75, 3.05) is 0 Å². The maximum absolute atomic E-state index is 10.7. The van der Waals surface area contributed by atoms with Crippen LogP contribution in [0.1, 0.15) is 32.6 Å². The molecule has 66 valence electrons. The third-order valence-corrected chi connectivity index (χ3v) is 1.75. The minimum atomic E-state index is -0.0402. The highest BCUT2D eigenvalue weighted by Gasteiger charge is 2.11. The smallest absolute Gasteiger partial charge is 0.240 e. The first-order valence-corrected chi connectivity index (χ1v) is 4.02. The van der Waals surface area contributed by atoms with Crippen molar-refractivity contribution in [3.63, 3.8) is 0 Å². The van der Waals surface area contributed by atoms with Gasteiger partial charge >= 0.3 is 0 Å². The number of hydrogen-bond acceptors (Lipinski definition) is 3. The number of carbonyl (C=O) groups excluding carboxylic acids is 2. The van der Waals surface area contributed by atoms with Gasteiger partial charge in [0.25, 0.3) is 0 Å². The average Bonchev–Trinajstić information content (AvgIpc) is 2.03. The largest absolute Gasteiger partial charge is 0.300 e. The van der Waals surface area contributed by atoms with E-state index < -0.39 is 0 Å². The zero-order valence-electron chi connectivity index (χ0n) is 7.09. The summed E-state index contributed by atoms with van der Waals surface area (Å²) in [5.74, 6) is 0.121. The highest BCUT2D eigenvalue weighted by Crippen LogP contribution is 2.05. The van der Waals surface area contributed by atoms with Crippen LogP contribution in [0, 0.1) is 0 Å². The normalized spacial score (nSPS) is 16.8. The molecule has 4 heteroatoms. The van der Waals surface area contributed by atoms with Gasteiger partial charge in [0, 0.05) is 18.6 Å². The molecule has 1 N–H and O–H groups in total. The van der Waals surface area contributed by atoms with Gasteiger partial charge in [0.1, 0.15) is 5.78 Å². The molecule has 0 fully saturated rings. The highest BCUT2D eigenvalue weighted by molar-refractivity contribution is 5.94. The molecule has 0 aromatic heterocycles. The molecule has 1 rings (SSSR count). The third-order valence-electron chi connectivity index (χ3n) is 1.75. The molecule has 0 spiro atoms. The van der Waals surface area contributed by atoms with Crippen molar-refractivity contribution in [1.82, 2.24) is 5.43 Å². The van der Waals surface area contributed by atoms with Crippen LogP contribution < -0.4 is 5.43 Å². The Labute approximate surface area is 71.0 Å². The second-order valence-corrected chi connectivity index (χ2v) is 2.92. The maximum atomic E-state index is 10.7. The average molecular weight is 168 g/mol. The highest BCUT2D eigenvalue weighted by atomic mass is 16.2. The standard InChI is InChI=1S/C8H12N2O2/c1-6(11)2-3-7-4-5-8(12)10-9-7/h2-5H2,1H3,(H,10,12). The zero-order chi connectivity index (χ0) is 8.97. The van der Waals surface area contributed by atoms with Gasteiger partial charge in [-0.1, -0.05) is 0 Å². The van der Waals surface area contributed by atoms with Crippen LogP contribution >= 0.6 is 0 Å². The van der Waals surface area contributed by atoms with E-state index in [1.165, 1.54) is 0 Å². The second kappa shape index (κ2) is 3.99. The van der Waals surface area contributed by atoms with Crippen molar-refractivity contribution in [1.29, 1.82) is 0 Å². The summed E-state index contributed by atoms with van der Waals surface area (Å²) in [4.78, 5) is 21.3. The number of nitrogens with one attached hydrogen (secondary N) is 1. The van der Waals surface area contributed by atoms with Crippen molar-refractivity contribution >= 4 is 17.4 Å². The van der Waals surface area contributed by atoms with Crippen LogP contribution in [0.25, 0.3) is 0 Å². The predicted molar refractivity (Wildman–Crippen MR) is 44.7 cm³/mol. The molecule has 1 heterocycles. The van der Waals surface area contributed by atoms with Gasteiger partial charge in [-0.25, -0.2) is 5.43 Å². The molecular formula is C8H12N2O2. The van der Waals surface area contributed by atoms with E-state index in [0.29, 0.717) is 25.7 Å². The number of Topliss-reactive ketones (excluding diaryl/α,β-unsaturated/α-hetero) is 1. The van der Waals surface area contributed by atoms with Gasteiger partial charge in [0.15, 0.2) is 0 Å². The van der Waals surface area contributed by atoms with Crippen molar-refractivity contribution in [2.45, 2.75) is 32.6 Å². The lowest BCUT2D eigenvalue weighted by atomic mass is 10.1. The molecule has 1 aliphatic rings. The Morgan fingerprint density at radius 1 is 1.58 bits per heavy atom. The number of rotatable bonds is 3. The van der Waals surface area contributed by atoms with E-state index in [0.717, 1.165) is 5.71 Å². The summed E-state index contributed by atoms with van der Waals surface area (Å²) in [6.07, 6.45) is 2.39. The van der Waals surface area contributed by atoms with E-state index in [1.54, 1.807) is 6.92 Å². The monoisotopic (exact) mass is 168 g/mol. The summed E-state index contributed by atoms with van der Waals surface area (Å²) >= 11 is 0. The summed E-state index contributed by atoms with van der Waals surface area (Å²) in [7, 11) is 0. The molecular weight excluding hydrogens is 156 g/mol. The van der Waals surface area contributed by atoms with E-state index in [4.69, 9.17) is 0 Å². The van der Waals surface area contributed by atoms with Gasteiger partial charge in [-0.3, -0.25) is 4.79 Å². The number of ketones is 1. The second-order valence-electron chi connectivity index (χ2n) is 2.92. The van der Waals surface area contributed by atoms with Crippen molar-refractivity contribution in [3.05, 3.63) is 0 Å². The van der Waals surface area contributed by atoms with Gasteiger partial charge in [-0.05, 0) is 19.8 Å². The first-order valence-electron chi connectivity index (χ1n) is 4.02. The van der Waals surface area contributed by atoms with Crippen LogP contribution in [-0.2, 0) is 9.59 Å². The molecule has 4 nitrogen and oxygen atoms in total. The Kier molecular flexibility index (Phi) is 2.96. The number of nitrogens with zero attached hydrogens (tertiary/aromatic N) is 1. The van der Waals surface area contributed by atoms with Gasteiger partial charge in [-0.2, -0.15) is 5.10 Å². The van der Waals surface area contributed by atoms with Gasteiger partial charge < -0.3 is 4.79 Å². The summed E-state index contributed by atoms with van der Waals surface area (Å²) in [6.45, 7) is 1.56. The van der Waals surface area contributed by atoms with Crippen LogP contribution in [0.2, 0.25) is 0 Å². The molecule has 0 atom stereocenters. The molecule has 12 heavy (non-hydrogen) atoms. The molecule has 0 unspecified atom stereocenters. The Morgan fingerprint density at radius 2 is 2.33 bits per heavy atom. The predicted octanol–water partition coefficient (Wildman–Crippen LogP) is 0.622. The number of hydrazone groups is 1. The fraction of sp³-hybridized carbons (Fsp3) is 0.625. The van der Waals surface area contributed by atoms with E-state index in [2.05, 4.69) is 10.5 Å². The zero-order valence-corrected chi connectivity index (χ0v) is 7.09. The lowest BCUT2D eigenvalue weighted by Crippen LogP contribution is -2.25. The molecule has 1 aliphatic heterocycles. The number of hydrogen-bond donors (Lipinski definition) is 1. The summed E-state index contributed by atoms with van der Waals surface area (Å²) in [5.41, 5.74) is 3.31. The summed E-state index contributed by atoms with van der Waals surface area (Å²) in [5, 5.41) is 3.85. The van der Waals surface area contributed by atoms with Crippen molar-refractivity contribution in [2.24, 2.45) is 5.10 Å². The summed E-state index contributed by atoms with van der Waals surface area (Å²) in [6, 6.07) is 0. The van der Waals surface area contributed by atoms with Crippen molar-refractivity contribution < 1.29 is 9.59 Å². The molecule has 0 aliphatic carbocycles. The maximum Gasteiger partial charge on any atom is 0.240 e. The lowest BCUT2D eigenvalue weighted by molar-refractivity contribution is -0.121. The van der Waals surface area contributed by atoms with Crippen molar-refractivity contribution in [3.8, 4) is 0 Å². The molecule has 0 aromatic rings. The van der Waals surface area contributed by atoms with Gasteiger partial charge in [-0.15, -0.1) is 0 Å². The third kappa shape index (κ3) is 2.82.